The van der Waals surface area contributed by atoms with E-state index in [-0.39, 0.29) is 30.7 Å². The van der Waals surface area contributed by atoms with Gasteiger partial charge >= 0.3 is 5.97 Å². The van der Waals surface area contributed by atoms with E-state index in [2.05, 4.69) is 0 Å². The van der Waals surface area contributed by atoms with Crippen LogP contribution in [0.3, 0.4) is 0 Å². The van der Waals surface area contributed by atoms with Crippen LogP contribution >= 0.6 is 0 Å². The highest BCUT2D eigenvalue weighted by molar-refractivity contribution is 5.76. The van der Waals surface area contributed by atoms with Crippen molar-refractivity contribution >= 4 is 5.97 Å². The first-order valence-electron chi connectivity index (χ1n) is 6.92. The molecule has 0 aliphatic heterocycles. The molecule has 0 aromatic rings. The van der Waals surface area contributed by atoms with E-state index in [4.69, 9.17) is 19.7 Å². The Bertz CT molecular complexity index is 307. The molecule has 0 fully saturated rings. The Morgan fingerprint density at radius 2 is 1.35 bits per heavy atom. The first kappa shape index (κ1) is 19.4. The molecule has 0 saturated heterocycles. The molecule has 0 spiro atoms. The number of rotatable bonds is 9. The molecule has 0 amide bonds. The predicted molar refractivity (Wildman–Crippen MR) is 77.3 cm³/mol. The lowest BCUT2D eigenvalue weighted by molar-refractivity contribution is -0.160. The largest absolute Gasteiger partial charge is 0.465 e. The average molecular weight is 290 g/mol. The van der Waals surface area contributed by atoms with Gasteiger partial charge in [-0.1, -0.05) is 27.7 Å². The monoisotopic (exact) mass is 290 g/mol. The molecular weight excluding hydrogens is 260 g/mol. The van der Waals surface area contributed by atoms with Crippen LogP contribution in [-0.4, -0.2) is 49.2 Å². The van der Waals surface area contributed by atoms with Gasteiger partial charge in [0.2, 0.25) is 0 Å². The summed E-state index contributed by atoms with van der Waals surface area (Å²) in [6, 6.07) is 0. The normalized spacial score (nSPS) is 13.4. The van der Waals surface area contributed by atoms with Gasteiger partial charge in [-0.3, -0.25) is 4.79 Å². The molecule has 0 atom stereocenters. The Morgan fingerprint density at radius 1 is 0.850 bits per heavy atom. The van der Waals surface area contributed by atoms with Gasteiger partial charge < -0.3 is 19.7 Å². The van der Waals surface area contributed by atoms with Crippen LogP contribution < -0.4 is 0 Å². The molecule has 0 rings (SSSR count). The van der Waals surface area contributed by atoms with Gasteiger partial charge in [-0.15, -0.1) is 0 Å². The van der Waals surface area contributed by atoms with E-state index in [1.807, 2.05) is 27.7 Å². The lowest BCUT2D eigenvalue weighted by Crippen LogP contribution is -2.35. The minimum atomic E-state index is -0.879. The quantitative estimate of drug-likeness (QED) is 0.631. The summed E-state index contributed by atoms with van der Waals surface area (Å²) >= 11 is 0. The Morgan fingerprint density at radius 3 is 1.80 bits per heavy atom. The number of ether oxygens (including phenoxy) is 2. The summed E-state index contributed by atoms with van der Waals surface area (Å²) in [4.78, 5) is 11.8. The Hall–Kier alpha value is -0.650. The fourth-order valence-corrected chi connectivity index (χ4v) is 1.21. The zero-order chi connectivity index (χ0) is 16.0. The van der Waals surface area contributed by atoms with E-state index in [1.54, 1.807) is 13.8 Å². The third-order valence-electron chi connectivity index (χ3n) is 2.96. The number of carbonyl (C=O) groups excluding carboxylic acids is 1. The van der Waals surface area contributed by atoms with Gasteiger partial charge in [0.25, 0.3) is 0 Å². The number of aliphatic hydroxyl groups is 2. The number of esters is 1. The standard InChI is InChI=1S/C15H30O5/c1-13(2,7-16)9-19-10-14(3,4)11-20-12(18)15(5,6)8-17/h16-17H,7-11H2,1-6H3. The highest BCUT2D eigenvalue weighted by Crippen LogP contribution is 2.22. The molecule has 0 radical (unpaired) electrons. The molecule has 0 aromatic heterocycles. The van der Waals surface area contributed by atoms with Crippen LogP contribution in [0.4, 0.5) is 0 Å². The summed E-state index contributed by atoms with van der Waals surface area (Å²) in [5, 5.41) is 18.2. The topological polar surface area (TPSA) is 76.0 Å². The molecule has 0 bridgehead atoms. The van der Waals surface area contributed by atoms with Gasteiger partial charge in [0.15, 0.2) is 0 Å². The van der Waals surface area contributed by atoms with Crippen molar-refractivity contribution in [1.82, 2.24) is 0 Å². The maximum atomic E-state index is 11.8. The van der Waals surface area contributed by atoms with Crippen molar-refractivity contribution in [2.75, 3.05) is 33.0 Å². The Labute approximate surface area is 122 Å². The van der Waals surface area contributed by atoms with Crippen molar-refractivity contribution in [3.05, 3.63) is 0 Å². The van der Waals surface area contributed by atoms with Crippen LogP contribution in [0.1, 0.15) is 41.5 Å². The molecule has 0 aliphatic carbocycles. The van der Waals surface area contributed by atoms with Crippen LogP contribution in [0.15, 0.2) is 0 Å². The van der Waals surface area contributed by atoms with Gasteiger partial charge in [0.1, 0.15) is 0 Å². The van der Waals surface area contributed by atoms with Crippen LogP contribution in [-0.2, 0) is 14.3 Å². The molecule has 5 heteroatoms. The summed E-state index contributed by atoms with van der Waals surface area (Å²) in [5.41, 5.74) is -1.46. The maximum Gasteiger partial charge on any atom is 0.313 e. The van der Waals surface area contributed by atoms with Crippen molar-refractivity contribution < 1.29 is 24.5 Å². The van der Waals surface area contributed by atoms with E-state index in [0.29, 0.717) is 13.2 Å². The molecule has 0 saturated carbocycles. The second kappa shape index (κ2) is 7.38. The van der Waals surface area contributed by atoms with Gasteiger partial charge in [0.05, 0.1) is 38.4 Å². The maximum absolute atomic E-state index is 11.8. The van der Waals surface area contributed by atoms with E-state index < -0.39 is 11.4 Å². The van der Waals surface area contributed by atoms with Crippen LogP contribution in [0.2, 0.25) is 0 Å². The van der Waals surface area contributed by atoms with E-state index in [9.17, 15) is 4.79 Å². The van der Waals surface area contributed by atoms with E-state index >= 15 is 0 Å². The van der Waals surface area contributed by atoms with E-state index in [0.717, 1.165) is 0 Å². The van der Waals surface area contributed by atoms with Gasteiger partial charge in [-0.2, -0.15) is 0 Å². The number of hydrogen-bond donors (Lipinski definition) is 2. The second-order valence-electron chi connectivity index (χ2n) is 7.60. The Balaban J connectivity index is 4.17. The molecule has 0 aliphatic rings. The molecule has 2 N–H and O–H groups in total. The summed E-state index contributed by atoms with van der Waals surface area (Å²) in [7, 11) is 0. The zero-order valence-electron chi connectivity index (χ0n) is 13.7. The fourth-order valence-electron chi connectivity index (χ4n) is 1.21. The molecule has 5 nitrogen and oxygen atoms in total. The van der Waals surface area contributed by atoms with Crippen molar-refractivity contribution in [3.8, 4) is 0 Å². The first-order valence-corrected chi connectivity index (χ1v) is 6.92. The van der Waals surface area contributed by atoms with Crippen molar-refractivity contribution in [2.24, 2.45) is 16.2 Å². The van der Waals surface area contributed by atoms with Crippen molar-refractivity contribution in [3.63, 3.8) is 0 Å². The third-order valence-corrected chi connectivity index (χ3v) is 2.96. The molecular formula is C15H30O5. The van der Waals surface area contributed by atoms with Crippen LogP contribution in [0.25, 0.3) is 0 Å². The predicted octanol–water partition coefficient (Wildman–Crippen LogP) is 1.61. The number of carbonyl (C=O) groups is 1. The minimum Gasteiger partial charge on any atom is -0.465 e. The first-order chi connectivity index (χ1) is 8.96. The van der Waals surface area contributed by atoms with Crippen molar-refractivity contribution in [1.29, 1.82) is 0 Å². The summed E-state index contributed by atoms with van der Waals surface area (Å²) in [6.45, 7) is 11.9. The Kier molecular flexibility index (Phi) is 7.14. The minimum absolute atomic E-state index is 0.0626. The second-order valence-corrected chi connectivity index (χ2v) is 7.60. The van der Waals surface area contributed by atoms with Crippen LogP contribution in [0.5, 0.6) is 0 Å². The summed E-state index contributed by atoms with van der Waals surface area (Å²) < 4.78 is 10.8. The van der Waals surface area contributed by atoms with Gasteiger partial charge in [0, 0.05) is 10.8 Å². The molecule has 20 heavy (non-hydrogen) atoms. The number of hydrogen-bond acceptors (Lipinski definition) is 5. The molecule has 0 unspecified atom stereocenters. The van der Waals surface area contributed by atoms with E-state index in [1.165, 1.54) is 0 Å². The molecule has 120 valence electrons. The SMILES string of the molecule is CC(C)(CO)COCC(C)(C)COC(=O)C(C)(C)CO. The fraction of sp³-hybridized carbons (Fsp3) is 0.933. The molecule has 0 heterocycles. The third kappa shape index (κ3) is 7.22. The summed E-state index contributed by atoms with van der Waals surface area (Å²) in [5.74, 6) is -0.413. The average Bonchev–Trinajstić information content (AvgIpc) is 2.35. The smallest absolute Gasteiger partial charge is 0.313 e. The lowest BCUT2D eigenvalue weighted by atomic mass is 9.93. The van der Waals surface area contributed by atoms with Crippen molar-refractivity contribution in [2.45, 2.75) is 41.5 Å². The molecule has 0 aromatic carbocycles. The zero-order valence-corrected chi connectivity index (χ0v) is 13.7. The highest BCUT2D eigenvalue weighted by Gasteiger charge is 2.31. The van der Waals surface area contributed by atoms with Crippen LogP contribution in [0, 0.1) is 16.2 Å². The number of aliphatic hydroxyl groups excluding tert-OH is 2. The summed E-state index contributed by atoms with van der Waals surface area (Å²) in [6.07, 6.45) is 0. The lowest BCUT2D eigenvalue weighted by Gasteiger charge is -2.29. The van der Waals surface area contributed by atoms with Gasteiger partial charge in [-0.05, 0) is 13.8 Å². The highest BCUT2D eigenvalue weighted by atomic mass is 16.5. The van der Waals surface area contributed by atoms with Gasteiger partial charge in [-0.25, -0.2) is 0 Å².